The van der Waals surface area contributed by atoms with E-state index in [0.717, 1.165) is 11.1 Å². The van der Waals surface area contributed by atoms with Gasteiger partial charge < -0.3 is 33.2 Å². The van der Waals surface area contributed by atoms with Crippen LogP contribution in [0.5, 0.6) is 34.5 Å². The summed E-state index contributed by atoms with van der Waals surface area (Å²) in [4.78, 5) is 0. The maximum atomic E-state index is 6.60. The fraction of sp³-hybridized carbons (Fsp3) is 0.500. The molecule has 7 nitrogen and oxygen atoms in total. The van der Waals surface area contributed by atoms with Gasteiger partial charge in [0.25, 0.3) is 0 Å². The Bertz CT molecular complexity index is 787. The molecule has 0 radical (unpaired) electrons. The molecule has 0 unspecified atom stereocenters. The average Bonchev–Trinajstić information content (AvgIpc) is 3.11. The highest BCUT2D eigenvalue weighted by Crippen LogP contribution is 2.53. The number of hydrogen-bond acceptors (Lipinski definition) is 7. The van der Waals surface area contributed by atoms with E-state index in [9.17, 15) is 0 Å². The maximum absolute atomic E-state index is 6.60. The minimum atomic E-state index is -0.146. The Morgan fingerprint density at radius 2 is 0.806 bits per heavy atom. The summed E-state index contributed by atoms with van der Waals surface area (Å²) in [5.74, 6) is 4.04. The van der Waals surface area contributed by atoms with Crippen LogP contribution < -0.4 is 28.4 Å². The first-order valence-electron chi connectivity index (χ1n) is 10.2. The third-order valence-corrected chi connectivity index (χ3v) is 6.11. The van der Waals surface area contributed by atoms with Crippen molar-refractivity contribution < 1.29 is 33.2 Å². The molecule has 0 amide bonds. The highest BCUT2D eigenvalue weighted by Gasteiger charge is 2.41. The van der Waals surface area contributed by atoms with Crippen LogP contribution in [0.2, 0.25) is 0 Å². The molecule has 0 bridgehead atoms. The molecule has 170 valence electrons. The van der Waals surface area contributed by atoms with Crippen molar-refractivity contribution in [3.05, 3.63) is 35.4 Å². The Morgan fingerprint density at radius 3 is 1.03 bits per heavy atom. The van der Waals surface area contributed by atoms with E-state index in [-0.39, 0.29) is 24.0 Å². The second-order valence-corrected chi connectivity index (χ2v) is 7.61. The first kappa shape index (κ1) is 22.9. The zero-order valence-electron chi connectivity index (χ0n) is 19.5. The molecular weight excluding hydrogens is 400 g/mol. The molecule has 1 aliphatic heterocycles. The van der Waals surface area contributed by atoms with Gasteiger partial charge in [-0.2, -0.15) is 0 Å². The highest BCUT2D eigenvalue weighted by atomic mass is 16.5. The summed E-state index contributed by atoms with van der Waals surface area (Å²) in [6, 6.07) is 7.80. The SMILES string of the molecule is COc1cc([C@H]2O[C@@H](c3cc(OC)c(OC)c(OC)c3)[C@H](C)[C@@H]2C)cc(OC)c1OC. The van der Waals surface area contributed by atoms with Crippen molar-refractivity contribution in [1.29, 1.82) is 0 Å². The number of benzene rings is 2. The molecule has 2 aromatic carbocycles. The van der Waals surface area contributed by atoms with Gasteiger partial charge in [0.1, 0.15) is 0 Å². The molecule has 7 heteroatoms. The quantitative estimate of drug-likeness (QED) is 0.592. The molecule has 31 heavy (non-hydrogen) atoms. The molecule has 0 saturated carbocycles. The zero-order chi connectivity index (χ0) is 22.7. The standard InChI is InChI=1S/C24H32O7/c1-13-14(2)22(16-11-19(27-5)24(30-8)20(12-16)28-6)31-21(13)15-9-17(25-3)23(29-7)18(10-15)26-4/h9-14,21-22H,1-8H3/t13-,14+,21-,22+. The summed E-state index contributed by atoms with van der Waals surface area (Å²) >= 11 is 0. The van der Waals surface area contributed by atoms with Gasteiger partial charge in [0.15, 0.2) is 23.0 Å². The molecule has 0 spiro atoms. The largest absolute Gasteiger partial charge is 0.493 e. The smallest absolute Gasteiger partial charge is 0.203 e. The molecule has 3 rings (SSSR count). The second-order valence-electron chi connectivity index (χ2n) is 7.61. The predicted octanol–water partition coefficient (Wildman–Crippen LogP) is 4.82. The molecule has 1 heterocycles. The van der Waals surface area contributed by atoms with Crippen molar-refractivity contribution in [3.8, 4) is 34.5 Å². The number of rotatable bonds is 8. The van der Waals surface area contributed by atoms with E-state index in [1.165, 1.54) is 0 Å². The maximum Gasteiger partial charge on any atom is 0.203 e. The van der Waals surface area contributed by atoms with Crippen LogP contribution in [-0.2, 0) is 4.74 Å². The van der Waals surface area contributed by atoms with Crippen molar-refractivity contribution in [1.82, 2.24) is 0 Å². The third kappa shape index (κ3) is 4.06. The molecule has 1 aliphatic rings. The van der Waals surface area contributed by atoms with Gasteiger partial charge in [-0.05, 0) is 47.2 Å². The Labute approximate surface area is 184 Å². The number of ether oxygens (including phenoxy) is 7. The van der Waals surface area contributed by atoms with Crippen LogP contribution in [0.4, 0.5) is 0 Å². The lowest BCUT2D eigenvalue weighted by Crippen LogP contribution is -2.10. The summed E-state index contributed by atoms with van der Waals surface area (Å²) in [7, 11) is 9.64. The Morgan fingerprint density at radius 1 is 0.516 bits per heavy atom. The van der Waals surface area contributed by atoms with Crippen LogP contribution in [0.1, 0.15) is 37.2 Å². The van der Waals surface area contributed by atoms with Gasteiger partial charge in [-0.3, -0.25) is 0 Å². The van der Waals surface area contributed by atoms with Crippen molar-refractivity contribution in [3.63, 3.8) is 0 Å². The topological polar surface area (TPSA) is 64.6 Å². The molecule has 0 aliphatic carbocycles. The minimum Gasteiger partial charge on any atom is -0.493 e. The lowest BCUT2D eigenvalue weighted by molar-refractivity contribution is 0.0285. The van der Waals surface area contributed by atoms with Crippen molar-refractivity contribution in [2.45, 2.75) is 26.1 Å². The fourth-order valence-corrected chi connectivity index (χ4v) is 4.25. The lowest BCUT2D eigenvalue weighted by Gasteiger charge is -2.20. The molecule has 4 atom stereocenters. The van der Waals surface area contributed by atoms with Gasteiger partial charge in [0, 0.05) is 0 Å². The summed E-state index contributed by atoms with van der Waals surface area (Å²) in [6.45, 7) is 4.38. The van der Waals surface area contributed by atoms with E-state index in [4.69, 9.17) is 33.2 Å². The van der Waals surface area contributed by atoms with Gasteiger partial charge >= 0.3 is 0 Å². The van der Waals surface area contributed by atoms with E-state index < -0.39 is 0 Å². The molecule has 1 saturated heterocycles. The molecular formula is C24H32O7. The van der Waals surface area contributed by atoms with Crippen LogP contribution in [0.15, 0.2) is 24.3 Å². The van der Waals surface area contributed by atoms with Gasteiger partial charge in [-0.1, -0.05) is 13.8 Å². The van der Waals surface area contributed by atoms with Gasteiger partial charge in [0.05, 0.1) is 54.9 Å². The van der Waals surface area contributed by atoms with E-state index >= 15 is 0 Å². The average molecular weight is 433 g/mol. The van der Waals surface area contributed by atoms with Crippen LogP contribution in [-0.4, -0.2) is 42.7 Å². The second kappa shape index (κ2) is 9.56. The van der Waals surface area contributed by atoms with Gasteiger partial charge in [-0.15, -0.1) is 0 Å². The van der Waals surface area contributed by atoms with E-state index in [1.807, 2.05) is 24.3 Å². The normalized spacial score (nSPS) is 22.7. The van der Waals surface area contributed by atoms with Crippen molar-refractivity contribution >= 4 is 0 Å². The minimum absolute atomic E-state index is 0.146. The van der Waals surface area contributed by atoms with Crippen LogP contribution in [0.25, 0.3) is 0 Å². The van der Waals surface area contributed by atoms with E-state index in [1.54, 1.807) is 42.7 Å². The summed E-state index contributed by atoms with van der Waals surface area (Å²) in [6.07, 6.45) is -0.291. The highest BCUT2D eigenvalue weighted by molar-refractivity contribution is 5.56. The van der Waals surface area contributed by atoms with Crippen LogP contribution in [0.3, 0.4) is 0 Å². The zero-order valence-corrected chi connectivity index (χ0v) is 19.5. The fourth-order valence-electron chi connectivity index (χ4n) is 4.25. The third-order valence-electron chi connectivity index (χ3n) is 6.11. The Balaban J connectivity index is 2.01. The van der Waals surface area contributed by atoms with Crippen LogP contribution >= 0.6 is 0 Å². The molecule has 2 aromatic rings. The van der Waals surface area contributed by atoms with E-state index in [0.29, 0.717) is 34.5 Å². The first-order chi connectivity index (χ1) is 14.9. The van der Waals surface area contributed by atoms with Crippen LogP contribution in [0, 0.1) is 11.8 Å². The summed E-state index contributed by atoms with van der Waals surface area (Å²) < 4.78 is 39.6. The number of methoxy groups -OCH3 is 6. The Kier molecular flexibility index (Phi) is 7.05. The summed E-state index contributed by atoms with van der Waals surface area (Å²) in [5, 5.41) is 0. The monoisotopic (exact) mass is 432 g/mol. The number of hydrogen-bond donors (Lipinski definition) is 0. The lowest BCUT2D eigenvalue weighted by atomic mass is 9.85. The molecule has 0 N–H and O–H groups in total. The van der Waals surface area contributed by atoms with Gasteiger partial charge in [-0.25, -0.2) is 0 Å². The van der Waals surface area contributed by atoms with E-state index in [2.05, 4.69) is 13.8 Å². The summed E-state index contributed by atoms with van der Waals surface area (Å²) in [5.41, 5.74) is 1.95. The van der Waals surface area contributed by atoms with Gasteiger partial charge in [0.2, 0.25) is 11.5 Å². The predicted molar refractivity (Wildman–Crippen MR) is 117 cm³/mol. The molecule has 1 fully saturated rings. The first-order valence-corrected chi connectivity index (χ1v) is 10.2. The Hall–Kier alpha value is -2.80. The molecule has 0 aromatic heterocycles. The van der Waals surface area contributed by atoms with Crippen molar-refractivity contribution in [2.24, 2.45) is 11.8 Å². The van der Waals surface area contributed by atoms with Crippen molar-refractivity contribution in [2.75, 3.05) is 42.7 Å².